The Bertz CT molecular complexity index is 667. The van der Waals surface area contributed by atoms with Crippen LogP contribution in [0, 0.1) is 0 Å². The molecule has 0 bridgehead atoms. The third kappa shape index (κ3) is 2.49. The van der Waals surface area contributed by atoms with Gasteiger partial charge in [0.25, 0.3) is 5.91 Å². The first kappa shape index (κ1) is 14.0. The van der Waals surface area contributed by atoms with Crippen molar-refractivity contribution in [3.05, 3.63) is 22.7 Å². The first-order chi connectivity index (χ1) is 10.1. The zero-order valence-electron chi connectivity index (χ0n) is 11.8. The van der Waals surface area contributed by atoms with Gasteiger partial charge in [-0.1, -0.05) is 11.3 Å². The van der Waals surface area contributed by atoms with Crippen LogP contribution in [0.25, 0.3) is 0 Å². The molecule has 1 aliphatic heterocycles. The zero-order chi connectivity index (χ0) is 15.0. The summed E-state index contributed by atoms with van der Waals surface area (Å²) >= 11 is 1.20. The van der Waals surface area contributed by atoms with Crippen molar-refractivity contribution in [3.8, 4) is 0 Å². The fraction of sp³-hybridized carbons (Fsp3) is 0.500. The van der Waals surface area contributed by atoms with E-state index in [1.165, 1.54) is 17.5 Å². The number of thiazole rings is 1. The lowest BCUT2D eigenvalue weighted by molar-refractivity contribution is 0.0679. The Labute approximate surface area is 125 Å². The Balaban J connectivity index is 1.83. The number of anilines is 1. The van der Waals surface area contributed by atoms with Crippen molar-refractivity contribution in [2.45, 2.75) is 26.1 Å². The van der Waals surface area contributed by atoms with Gasteiger partial charge in [-0.05, 0) is 6.92 Å². The number of hydrogen-bond donors (Lipinski definition) is 1. The molecule has 0 unspecified atom stereocenters. The summed E-state index contributed by atoms with van der Waals surface area (Å²) in [6.45, 7) is 3.47. The molecule has 9 heteroatoms. The molecule has 0 fully saturated rings. The number of nitrogen functional groups attached to an aromatic ring is 1. The number of hydrogen-bond acceptors (Lipinski definition) is 7. The lowest BCUT2D eigenvalue weighted by atomic mass is 10.2. The summed E-state index contributed by atoms with van der Waals surface area (Å²) in [6, 6.07) is 0.100. The van der Waals surface area contributed by atoms with E-state index in [9.17, 15) is 4.79 Å². The molecule has 2 aromatic rings. The van der Waals surface area contributed by atoms with Gasteiger partial charge in [-0.25, -0.2) is 4.98 Å². The van der Waals surface area contributed by atoms with E-state index in [-0.39, 0.29) is 11.9 Å². The van der Waals surface area contributed by atoms with Crippen molar-refractivity contribution < 1.29 is 9.53 Å². The number of rotatable bonds is 3. The van der Waals surface area contributed by atoms with Crippen molar-refractivity contribution in [2.75, 3.05) is 19.4 Å². The van der Waals surface area contributed by atoms with Gasteiger partial charge in [0, 0.05) is 13.7 Å². The van der Waals surface area contributed by atoms with E-state index in [4.69, 9.17) is 10.5 Å². The van der Waals surface area contributed by atoms with Gasteiger partial charge in [0.05, 0.1) is 18.8 Å². The Morgan fingerprint density at radius 1 is 1.57 bits per heavy atom. The molecule has 1 amide bonds. The molecule has 0 saturated carbocycles. The molecule has 0 spiro atoms. The van der Waals surface area contributed by atoms with Crippen LogP contribution in [-0.4, -0.2) is 44.2 Å². The second-order valence-electron chi connectivity index (χ2n) is 4.93. The summed E-state index contributed by atoms with van der Waals surface area (Å²) < 4.78 is 7.16. The number of amides is 1. The molecule has 2 N–H and O–H groups in total. The molecule has 0 radical (unpaired) electrons. The number of methoxy groups -OCH3 is 1. The van der Waals surface area contributed by atoms with Gasteiger partial charge in [0.15, 0.2) is 16.8 Å². The van der Waals surface area contributed by atoms with E-state index >= 15 is 0 Å². The predicted molar refractivity (Wildman–Crippen MR) is 76.7 cm³/mol. The van der Waals surface area contributed by atoms with E-state index < -0.39 is 0 Å². The van der Waals surface area contributed by atoms with Crippen LogP contribution in [-0.2, 0) is 17.9 Å². The van der Waals surface area contributed by atoms with E-state index in [0.717, 1.165) is 11.6 Å². The molecule has 1 atom stereocenters. The second kappa shape index (κ2) is 5.41. The van der Waals surface area contributed by atoms with Crippen LogP contribution in [0.5, 0.6) is 0 Å². The van der Waals surface area contributed by atoms with Gasteiger partial charge in [-0.3, -0.25) is 4.79 Å². The number of nitrogens with zero attached hydrogens (tertiary/aromatic N) is 5. The largest absolute Gasteiger partial charge is 0.377 e. The van der Waals surface area contributed by atoms with Crippen LogP contribution in [0.3, 0.4) is 0 Å². The van der Waals surface area contributed by atoms with Crippen molar-refractivity contribution in [1.29, 1.82) is 0 Å². The number of fused-ring (bicyclic) bond motifs is 1. The maximum Gasteiger partial charge on any atom is 0.266 e. The smallest absolute Gasteiger partial charge is 0.266 e. The van der Waals surface area contributed by atoms with Crippen molar-refractivity contribution in [2.24, 2.45) is 0 Å². The predicted octanol–water partition coefficient (Wildman–Crippen LogP) is 0.680. The third-order valence-corrected chi connectivity index (χ3v) is 4.20. The van der Waals surface area contributed by atoms with Crippen LogP contribution in [0.4, 0.5) is 5.13 Å². The second-order valence-corrected chi connectivity index (χ2v) is 6.00. The minimum atomic E-state index is -0.0707. The topological polar surface area (TPSA) is 99.2 Å². The van der Waals surface area contributed by atoms with E-state index in [2.05, 4.69) is 15.2 Å². The summed E-state index contributed by atoms with van der Waals surface area (Å²) in [5, 5.41) is 8.69. The van der Waals surface area contributed by atoms with Crippen molar-refractivity contribution in [3.63, 3.8) is 0 Å². The van der Waals surface area contributed by atoms with Crippen molar-refractivity contribution >= 4 is 22.4 Å². The van der Waals surface area contributed by atoms with Gasteiger partial charge in [0.2, 0.25) is 0 Å². The molecule has 0 aromatic carbocycles. The molecule has 2 aromatic heterocycles. The Morgan fingerprint density at radius 3 is 3.05 bits per heavy atom. The highest BCUT2D eigenvalue weighted by molar-refractivity contribution is 7.17. The average molecular weight is 308 g/mol. The molecule has 0 saturated heterocycles. The van der Waals surface area contributed by atoms with Crippen LogP contribution in [0.15, 0.2) is 6.20 Å². The Hall–Kier alpha value is -2.00. The first-order valence-corrected chi connectivity index (χ1v) is 7.34. The van der Waals surface area contributed by atoms with Crippen LogP contribution >= 0.6 is 11.3 Å². The molecule has 0 aliphatic carbocycles. The summed E-state index contributed by atoms with van der Waals surface area (Å²) in [5.41, 5.74) is 5.58. The highest BCUT2D eigenvalue weighted by Crippen LogP contribution is 2.25. The van der Waals surface area contributed by atoms with Gasteiger partial charge in [0.1, 0.15) is 11.5 Å². The fourth-order valence-electron chi connectivity index (χ4n) is 2.54. The van der Waals surface area contributed by atoms with E-state index in [0.29, 0.717) is 29.7 Å². The summed E-state index contributed by atoms with van der Waals surface area (Å²) in [5.74, 6) is 1.49. The van der Waals surface area contributed by atoms with Gasteiger partial charge in [-0.2, -0.15) is 0 Å². The molecule has 112 valence electrons. The van der Waals surface area contributed by atoms with E-state index in [1.54, 1.807) is 12.0 Å². The summed E-state index contributed by atoms with van der Waals surface area (Å²) in [6.07, 6.45) is 1.52. The molecule has 3 rings (SSSR count). The van der Waals surface area contributed by atoms with E-state index in [1.807, 2.05) is 11.5 Å². The minimum Gasteiger partial charge on any atom is -0.377 e. The summed E-state index contributed by atoms with van der Waals surface area (Å²) in [4.78, 5) is 18.7. The lowest BCUT2D eigenvalue weighted by Crippen LogP contribution is -2.40. The normalized spacial score (nSPS) is 17.8. The number of carbonyl (C=O) groups is 1. The molecule has 8 nitrogen and oxygen atoms in total. The lowest BCUT2D eigenvalue weighted by Gasteiger charge is -2.32. The number of aromatic nitrogens is 4. The SMILES string of the molecule is COCc1nnc2n1[C@@H](C)CN(C(=O)c1cnc(N)s1)C2. The monoisotopic (exact) mass is 308 g/mol. The molecular formula is C12H16N6O2S. The highest BCUT2D eigenvalue weighted by atomic mass is 32.1. The van der Waals surface area contributed by atoms with Crippen LogP contribution < -0.4 is 5.73 Å². The Morgan fingerprint density at radius 2 is 2.38 bits per heavy atom. The third-order valence-electron chi connectivity index (χ3n) is 3.39. The zero-order valence-corrected chi connectivity index (χ0v) is 12.6. The number of ether oxygens (including phenoxy) is 1. The van der Waals surface area contributed by atoms with Gasteiger partial charge >= 0.3 is 0 Å². The molecule has 3 heterocycles. The maximum atomic E-state index is 12.5. The molecule has 1 aliphatic rings. The van der Waals surface area contributed by atoms with Crippen LogP contribution in [0.1, 0.15) is 34.3 Å². The van der Waals surface area contributed by atoms with Crippen LogP contribution in [0.2, 0.25) is 0 Å². The van der Waals surface area contributed by atoms with Crippen molar-refractivity contribution in [1.82, 2.24) is 24.6 Å². The minimum absolute atomic E-state index is 0.0707. The van der Waals surface area contributed by atoms with Gasteiger partial charge < -0.3 is 19.9 Å². The first-order valence-electron chi connectivity index (χ1n) is 6.52. The standard InChI is InChI=1S/C12H16N6O2S/c1-7-4-17(11(19)8-3-14-12(13)21-8)5-9-15-16-10(6-20-2)18(7)9/h3,7H,4-6H2,1-2H3,(H2,13,14)/t7-/m0/s1. The Kier molecular flexibility index (Phi) is 3.60. The number of nitrogens with two attached hydrogens (primary N) is 1. The molecular weight excluding hydrogens is 292 g/mol. The summed E-state index contributed by atoms with van der Waals surface area (Å²) in [7, 11) is 1.62. The van der Waals surface area contributed by atoms with Gasteiger partial charge in [-0.15, -0.1) is 10.2 Å². The fourth-order valence-corrected chi connectivity index (χ4v) is 3.19. The highest BCUT2D eigenvalue weighted by Gasteiger charge is 2.30. The quantitative estimate of drug-likeness (QED) is 0.895. The average Bonchev–Trinajstić information content (AvgIpc) is 3.05. The molecule has 21 heavy (non-hydrogen) atoms. The number of carbonyl (C=O) groups excluding carboxylic acids is 1. The maximum absolute atomic E-state index is 12.5.